The molecule has 0 fully saturated rings. The van der Waals surface area contributed by atoms with Crippen molar-refractivity contribution in [1.29, 1.82) is 0 Å². The van der Waals surface area contributed by atoms with Gasteiger partial charge in [0, 0.05) is 18.7 Å². The molecule has 5 nitrogen and oxygen atoms in total. The Morgan fingerprint density at radius 3 is 2.44 bits per heavy atom. The van der Waals surface area contributed by atoms with Crippen LogP contribution in [0.15, 0.2) is 65.2 Å². The van der Waals surface area contributed by atoms with Crippen LogP contribution in [0.25, 0.3) is 11.3 Å². The molecule has 1 amide bonds. The average Bonchev–Trinajstić information content (AvgIpc) is 3.08. The highest BCUT2D eigenvalue weighted by atomic mass is 16.5. The third-order valence-corrected chi connectivity index (χ3v) is 4.43. The topological polar surface area (TPSA) is 58.4 Å². The van der Waals surface area contributed by atoms with Gasteiger partial charge in [-0.3, -0.25) is 4.79 Å². The normalized spacial score (nSPS) is 10.9. The molecule has 2 aromatic carbocycles. The summed E-state index contributed by atoms with van der Waals surface area (Å²) in [6.45, 7) is 4.18. The number of carbonyl (C=O) groups is 1. The molecule has 0 radical (unpaired) electrons. The van der Waals surface area contributed by atoms with Gasteiger partial charge in [-0.1, -0.05) is 65.8 Å². The number of carbonyl (C=O) groups excluding carboxylic acids is 1. The number of rotatable bonds is 8. The minimum Gasteiger partial charge on any atom is -0.360 e. The van der Waals surface area contributed by atoms with E-state index in [0.717, 1.165) is 25.1 Å². The van der Waals surface area contributed by atoms with E-state index in [9.17, 15) is 4.79 Å². The molecular weight excluding hydrogens is 338 g/mol. The van der Waals surface area contributed by atoms with Crippen LogP contribution in [0.1, 0.15) is 28.1 Å². The number of aromatic nitrogens is 1. The molecular formula is C22H25N3O2. The molecule has 0 atom stereocenters. The summed E-state index contributed by atoms with van der Waals surface area (Å²) in [7, 11) is 2.09. The Morgan fingerprint density at radius 1 is 1.07 bits per heavy atom. The molecule has 0 aliphatic rings. The summed E-state index contributed by atoms with van der Waals surface area (Å²) in [6, 6.07) is 20.0. The Labute approximate surface area is 160 Å². The fourth-order valence-electron chi connectivity index (χ4n) is 3.05. The van der Waals surface area contributed by atoms with Gasteiger partial charge in [-0.25, -0.2) is 0 Å². The van der Waals surface area contributed by atoms with E-state index < -0.39 is 0 Å². The van der Waals surface area contributed by atoms with Crippen molar-refractivity contribution in [3.63, 3.8) is 0 Å². The first-order valence-corrected chi connectivity index (χ1v) is 9.17. The van der Waals surface area contributed by atoms with Gasteiger partial charge in [-0.15, -0.1) is 0 Å². The maximum atomic E-state index is 12.6. The monoisotopic (exact) mass is 363 g/mol. The molecule has 27 heavy (non-hydrogen) atoms. The van der Waals surface area contributed by atoms with Gasteiger partial charge < -0.3 is 14.7 Å². The predicted molar refractivity (Wildman–Crippen MR) is 106 cm³/mol. The molecule has 0 unspecified atom stereocenters. The molecule has 1 aromatic heterocycles. The van der Waals surface area contributed by atoms with Crippen molar-refractivity contribution >= 4 is 5.91 Å². The SMILES string of the molecule is Cc1onc(-c2ccccc2)c1C(=O)NCCCN(C)Cc1ccccc1. The zero-order chi connectivity index (χ0) is 19.1. The summed E-state index contributed by atoms with van der Waals surface area (Å²) in [6.07, 6.45) is 0.875. The summed E-state index contributed by atoms with van der Waals surface area (Å²) in [5.41, 5.74) is 3.27. The number of nitrogens with one attached hydrogen (secondary N) is 1. The fourth-order valence-corrected chi connectivity index (χ4v) is 3.05. The van der Waals surface area contributed by atoms with E-state index in [1.54, 1.807) is 6.92 Å². The molecule has 1 N–H and O–H groups in total. The minimum atomic E-state index is -0.140. The number of benzene rings is 2. The summed E-state index contributed by atoms with van der Waals surface area (Å²) >= 11 is 0. The first-order chi connectivity index (χ1) is 13.1. The van der Waals surface area contributed by atoms with Crippen LogP contribution in [0.2, 0.25) is 0 Å². The van der Waals surface area contributed by atoms with Crippen molar-refractivity contribution in [1.82, 2.24) is 15.4 Å². The smallest absolute Gasteiger partial charge is 0.257 e. The van der Waals surface area contributed by atoms with Crippen molar-refractivity contribution in [2.75, 3.05) is 20.1 Å². The van der Waals surface area contributed by atoms with E-state index in [2.05, 4.69) is 46.7 Å². The number of hydrogen-bond acceptors (Lipinski definition) is 4. The van der Waals surface area contributed by atoms with Gasteiger partial charge in [0.25, 0.3) is 5.91 Å². The average molecular weight is 363 g/mol. The second-order valence-corrected chi connectivity index (χ2v) is 6.66. The lowest BCUT2D eigenvalue weighted by atomic mass is 10.1. The van der Waals surface area contributed by atoms with E-state index >= 15 is 0 Å². The Bertz CT molecular complexity index is 860. The maximum absolute atomic E-state index is 12.6. The minimum absolute atomic E-state index is 0.140. The standard InChI is InChI=1S/C22H25N3O2/c1-17-20(21(24-27-17)19-12-7-4-8-13-19)22(26)23-14-9-15-25(2)16-18-10-5-3-6-11-18/h3-8,10-13H,9,14-16H2,1-2H3,(H,23,26). The zero-order valence-corrected chi connectivity index (χ0v) is 15.8. The number of amides is 1. The van der Waals surface area contributed by atoms with Gasteiger partial charge in [-0.05, 0) is 32.5 Å². The van der Waals surface area contributed by atoms with E-state index in [0.29, 0.717) is 23.6 Å². The summed E-state index contributed by atoms with van der Waals surface area (Å²) in [5, 5.41) is 7.06. The second kappa shape index (κ2) is 9.14. The molecule has 3 aromatic rings. The van der Waals surface area contributed by atoms with Crippen LogP contribution in [0.3, 0.4) is 0 Å². The molecule has 1 heterocycles. The molecule has 0 spiro atoms. The predicted octanol–water partition coefficient (Wildman–Crippen LogP) is 3.90. The quantitative estimate of drug-likeness (QED) is 0.617. The van der Waals surface area contributed by atoms with Crippen LogP contribution in [-0.4, -0.2) is 36.1 Å². The van der Waals surface area contributed by atoms with Crippen LogP contribution in [0, 0.1) is 6.92 Å². The van der Waals surface area contributed by atoms with Gasteiger partial charge in [-0.2, -0.15) is 0 Å². The van der Waals surface area contributed by atoms with Gasteiger partial charge in [0.2, 0.25) is 0 Å². The lowest BCUT2D eigenvalue weighted by molar-refractivity contribution is 0.0951. The molecule has 0 aliphatic heterocycles. The summed E-state index contributed by atoms with van der Waals surface area (Å²) < 4.78 is 5.26. The van der Waals surface area contributed by atoms with Crippen molar-refractivity contribution in [3.05, 3.63) is 77.6 Å². The molecule has 0 saturated heterocycles. The molecule has 3 rings (SSSR count). The maximum Gasteiger partial charge on any atom is 0.257 e. The number of nitrogens with zero attached hydrogens (tertiary/aromatic N) is 2. The van der Waals surface area contributed by atoms with Crippen LogP contribution in [0.4, 0.5) is 0 Å². The Morgan fingerprint density at radius 2 is 1.74 bits per heavy atom. The lowest BCUT2D eigenvalue weighted by Gasteiger charge is -2.16. The van der Waals surface area contributed by atoms with Gasteiger partial charge >= 0.3 is 0 Å². The molecule has 0 aliphatic carbocycles. The van der Waals surface area contributed by atoms with Crippen molar-refractivity contribution < 1.29 is 9.32 Å². The van der Waals surface area contributed by atoms with Crippen LogP contribution in [-0.2, 0) is 6.54 Å². The van der Waals surface area contributed by atoms with Crippen LogP contribution >= 0.6 is 0 Å². The van der Waals surface area contributed by atoms with Gasteiger partial charge in [0.15, 0.2) is 0 Å². The Kier molecular flexibility index (Phi) is 6.39. The third kappa shape index (κ3) is 5.05. The molecule has 5 heteroatoms. The fraction of sp³-hybridized carbons (Fsp3) is 0.273. The summed E-state index contributed by atoms with van der Waals surface area (Å²) in [4.78, 5) is 14.9. The van der Waals surface area contributed by atoms with E-state index in [4.69, 9.17) is 4.52 Å². The summed E-state index contributed by atoms with van der Waals surface area (Å²) in [5.74, 6) is 0.394. The van der Waals surface area contributed by atoms with Crippen molar-refractivity contribution in [2.24, 2.45) is 0 Å². The Balaban J connectivity index is 1.51. The third-order valence-electron chi connectivity index (χ3n) is 4.43. The highest BCUT2D eigenvalue weighted by molar-refractivity contribution is 6.00. The highest BCUT2D eigenvalue weighted by Crippen LogP contribution is 2.24. The largest absolute Gasteiger partial charge is 0.360 e. The molecule has 140 valence electrons. The zero-order valence-electron chi connectivity index (χ0n) is 15.8. The Hall–Kier alpha value is -2.92. The van der Waals surface area contributed by atoms with Gasteiger partial charge in [0.05, 0.1) is 0 Å². The van der Waals surface area contributed by atoms with Crippen LogP contribution < -0.4 is 5.32 Å². The van der Waals surface area contributed by atoms with E-state index in [-0.39, 0.29) is 5.91 Å². The molecule has 0 bridgehead atoms. The molecule has 0 saturated carbocycles. The number of aryl methyl sites for hydroxylation is 1. The van der Waals surface area contributed by atoms with E-state index in [1.165, 1.54) is 5.56 Å². The lowest BCUT2D eigenvalue weighted by Crippen LogP contribution is -2.28. The van der Waals surface area contributed by atoms with Crippen molar-refractivity contribution in [3.8, 4) is 11.3 Å². The number of hydrogen-bond donors (Lipinski definition) is 1. The van der Waals surface area contributed by atoms with Crippen molar-refractivity contribution in [2.45, 2.75) is 19.9 Å². The first kappa shape index (κ1) is 18.9. The van der Waals surface area contributed by atoms with Crippen LogP contribution in [0.5, 0.6) is 0 Å². The highest BCUT2D eigenvalue weighted by Gasteiger charge is 2.21. The first-order valence-electron chi connectivity index (χ1n) is 9.17. The van der Waals surface area contributed by atoms with Gasteiger partial charge in [0.1, 0.15) is 17.0 Å². The second-order valence-electron chi connectivity index (χ2n) is 6.66. The van der Waals surface area contributed by atoms with E-state index in [1.807, 2.05) is 36.4 Å².